The van der Waals surface area contributed by atoms with Crippen molar-refractivity contribution in [2.75, 3.05) is 20.2 Å². The molecule has 0 radical (unpaired) electrons. The SMILES string of the molecule is COC(CN)CC(=O)N1CCCCC1C(N)=O. The molecular weight excluding hydrogens is 222 g/mol. The van der Waals surface area contributed by atoms with Crippen LogP contribution in [0.5, 0.6) is 0 Å². The number of carbonyl (C=O) groups excluding carboxylic acids is 2. The number of nitrogens with two attached hydrogens (primary N) is 2. The summed E-state index contributed by atoms with van der Waals surface area (Å²) in [4.78, 5) is 24.9. The largest absolute Gasteiger partial charge is 0.380 e. The first-order chi connectivity index (χ1) is 8.10. The minimum absolute atomic E-state index is 0.106. The first-order valence-electron chi connectivity index (χ1n) is 5.91. The van der Waals surface area contributed by atoms with Gasteiger partial charge in [0.1, 0.15) is 6.04 Å². The Morgan fingerprint density at radius 2 is 2.18 bits per heavy atom. The number of hydrogen-bond donors (Lipinski definition) is 2. The van der Waals surface area contributed by atoms with Gasteiger partial charge in [-0.3, -0.25) is 9.59 Å². The van der Waals surface area contributed by atoms with Crippen molar-refractivity contribution in [2.24, 2.45) is 11.5 Å². The molecule has 1 fully saturated rings. The maximum atomic E-state index is 12.0. The van der Waals surface area contributed by atoms with E-state index in [1.807, 2.05) is 0 Å². The Morgan fingerprint density at radius 1 is 1.47 bits per heavy atom. The number of nitrogens with zero attached hydrogens (tertiary/aromatic N) is 1. The average molecular weight is 243 g/mol. The number of ether oxygens (including phenoxy) is 1. The maximum Gasteiger partial charge on any atom is 0.240 e. The van der Waals surface area contributed by atoms with E-state index in [4.69, 9.17) is 16.2 Å². The summed E-state index contributed by atoms with van der Waals surface area (Å²) in [6.45, 7) is 0.880. The fourth-order valence-electron chi connectivity index (χ4n) is 2.10. The van der Waals surface area contributed by atoms with Crippen LogP contribution in [0.3, 0.4) is 0 Å². The summed E-state index contributed by atoms with van der Waals surface area (Å²) in [5.41, 5.74) is 10.8. The van der Waals surface area contributed by atoms with Crippen molar-refractivity contribution in [3.05, 3.63) is 0 Å². The topological polar surface area (TPSA) is 98.7 Å². The van der Waals surface area contributed by atoms with Crippen LogP contribution in [0.2, 0.25) is 0 Å². The van der Waals surface area contributed by atoms with Crippen LogP contribution < -0.4 is 11.5 Å². The number of likely N-dealkylation sites (tertiary alicyclic amines) is 1. The smallest absolute Gasteiger partial charge is 0.240 e. The Hall–Kier alpha value is -1.14. The summed E-state index contributed by atoms with van der Waals surface area (Å²) in [5.74, 6) is -0.537. The lowest BCUT2D eigenvalue weighted by Crippen LogP contribution is -2.51. The Morgan fingerprint density at radius 3 is 2.71 bits per heavy atom. The van der Waals surface area contributed by atoms with Gasteiger partial charge in [-0.2, -0.15) is 0 Å². The molecule has 0 aromatic heterocycles. The van der Waals surface area contributed by atoms with Crippen molar-refractivity contribution in [1.29, 1.82) is 0 Å². The predicted octanol–water partition coefficient (Wildman–Crippen LogP) is -0.783. The summed E-state index contributed by atoms with van der Waals surface area (Å²) in [5, 5.41) is 0. The van der Waals surface area contributed by atoms with Crippen LogP contribution in [0.25, 0.3) is 0 Å². The second-order valence-corrected chi connectivity index (χ2v) is 4.30. The van der Waals surface area contributed by atoms with E-state index in [1.165, 1.54) is 7.11 Å². The summed E-state index contributed by atoms with van der Waals surface area (Å²) >= 11 is 0. The number of amides is 2. The van der Waals surface area contributed by atoms with Gasteiger partial charge in [-0.1, -0.05) is 0 Å². The minimum Gasteiger partial charge on any atom is -0.380 e. The van der Waals surface area contributed by atoms with Gasteiger partial charge in [0, 0.05) is 20.2 Å². The van der Waals surface area contributed by atoms with Crippen LogP contribution in [-0.2, 0) is 14.3 Å². The molecule has 0 aromatic rings. The standard InChI is InChI=1S/C11H21N3O3/c1-17-8(7-12)6-10(15)14-5-3-2-4-9(14)11(13)16/h8-9H,2-7,12H2,1H3,(H2,13,16). The van der Waals surface area contributed by atoms with Gasteiger partial charge in [-0.25, -0.2) is 0 Å². The monoisotopic (exact) mass is 243 g/mol. The van der Waals surface area contributed by atoms with Gasteiger partial charge in [0.2, 0.25) is 11.8 Å². The van der Waals surface area contributed by atoms with Crippen molar-refractivity contribution >= 4 is 11.8 Å². The van der Waals surface area contributed by atoms with Gasteiger partial charge < -0.3 is 21.1 Å². The zero-order valence-electron chi connectivity index (χ0n) is 10.2. The Labute approximate surface area is 101 Å². The molecule has 6 nitrogen and oxygen atoms in total. The maximum absolute atomic E-state index is 12.0. The highest BCUT2D eigenvalue weighted by atomic mass is 16.5. The molecule has 4 N–H and O–H groups in total. The number of carbonyl (C=O) groups is 2. The molecule has 0 bridgehead atoms. The lowest BCUT2D eigenvalue weighted by Gasteiger charge is -2.34. The average Bonchev–Trinajstić information content (AvgIpc) is 2.35. The number of methoxy groups -OCH3 is 1. The highest BCUT2D eigenvalue weighted by Crippen LogP contribution is 2.18. The molecule has 0 aromatic carbocycles. The highest BCUT2D eigenvalue weighted by molar-refractivity contribution is 5.87. The molecule has 2 unspecified atom stereocenters. The van der Waals surface area contributed by atoms with Gasteiger partial charge in [0.15, 0.2) is 0 Å². The molecule has 1 heterocycles. The molecule has 17 heavy (non-hydrogen) atoms. The lowest BCUT2D eigenvalue weighted by atomic mass is 10.0. The quantitative estimate of drug-likeness (QED) is 0.661. The van der Waals surface area contributed by atoms with E-state index >= 15 is 0 Å². The number of piperidine rings is 1. The van der Waals surface area contributed by atoms with Crippen molar-refractivity contribution in [2.45, 2.75) is 37.8 Å². The second kappa shape index (κ2) is 6.56. The van der Waals surface area contributed by atoms with Gasteiger partial charge in [0.25, 0.3) is 0 Å². The Kier molecular flexibility index (Phi) is 5.37. The molecule has 2 amide bonds. The van der Waals surface area contributed by atoms with Gasteiger partial charge in [0.05, 0.1) is 12.5 Å². The van der Waals surface area contributed by atoms with Crippen molar-refractivity contribution < 1.29 is 14.3 Å². The molecule has 0 aliphatic carbocycles. The molecule has 98 valence electrons. The summed E-state index contributed by atoms with van der Waals surface area (Å²) in [6.07, 6.45) is 2.41. The third-order valence-corrected chi connectivity index (χ3v) is 3.15. The molecule has 6 heteroatoms. The van der Waals surface area contributed by atoms with Crippen molar-refractivity contribution in [1.82, 2.24) is 4.90 Å². The summed E-state index contributed by atoms with van der Waals surface area (Å²) in [7, 11) is 1.52. The minimum atomic E-state index is -0.466. The first kappa shape index (κ1) is 13.9. The van der Waals surface area contributed by atoms with Crippen LogP contribution >= 0.6 is 0 Å². The van der Waals surface area contributed by atoms with Gasteiger partial charge in [-0.15, -0.1) is 0 Å². The van der Waals surface area contributed by atoms with E-state index in [2.05, 4.69) is 0 Å². The zero-order valence-corrected chi connectivity index (χ0v) is 10.2. The molecule has 0 spiro atoms. The molecule has 1 aliphatic rings. The van der Waals surface area contributed by atoms with E-state index in [0.717, 1.165) is 12.8 Å². The van der Waals surface area contributed by atoms with E-state index in [0.29, 0.717) is 13.0 Å². The van der Waals surface area contributed by atoms with E-state index in [9.17, 15) is 9.59 Å². The second-order valence-electron chi connectivity index (χ2n) is 4.30. The number of rotatable bonds is 5. The Balaban J connectivity index is 2.61. The van der Waals surface area contributed by atoms with Gasteiger partial charge >= 0.3 is 0 Å². The molecule has 2 atom stereocenters. The van der Waals surface area contributed by atoms with Crippen LogP contribution in [-0.4, -0.2) is 49.1 Å². The van der Waals surface area contributed by atoms with Crippen LogP contribution in [0.15, 0.2) is 0 Å². The van der Waals surface area contributed by atoms with Crippen molar-refractivity contribution in [3.63, 3.8) is 0 Å². The molecular formula is C11H21N3O3. The lowest BCUT2D eigenvalue weighted by molar-refractivity contribution is -0.142. The van der Waals surface area contributed by atoms with Crippen molar-refractivity contribution in [3.8, 4) is 0 Å². The van der Waals surface area contributed by atoms with E-state index in [1.54, 1.807) is 4.90 Å². The fraction of sp³-hybridized carbons (Fsp3) is 0.818. The molecule has 1 rings (SSSR count). The van der Waals surface area contributed by atoms with Crippen LogP contribution in [0.4, 0.5) is 0 Å². The van der Waals surface area contributed by atoms with Crippen LogP contribution in [0, 0.1) is 0 Å². The first-order valence-corrected chi connectivity index (χ1v) is 5.91. The Bertz CT molecular complexity index is 279. The summed E-state index contributed by atoms with van der Waals surface area (Å²) in [6, 6.07) is -0.466. The number of primary amides is 1. The highest BCUT2D eigenvalue weighted by Gasteiger charge is 2.31. The van der Waals surface area contributed by atoms with Gasteiger partial charge in [-0.05, 0) is 19.3 Å². The zero-order chi connectivity index (χ0) is 12.8. The fourth-order valence-corrected chi connectivity index (χ4v) is 2.10. The normalized spacial score (nSPS) is 22.2. The predicted molar refractivity (Wildman–Crippen MR) is 63.0 cm³/mol. The number of hydrogen-bond acceptors (Lipinski definition) is 4. The van der Waals surface area contributed by atoms with E-state index < -0.39 is 11.9 Å². The van der Waals surface area contributed by atoms with E-state index in [-0.39, 0.29) is 25.0 Å². The molecule has 1 aliphatic heterocycles. The van der Waals surface area contributed by atoms with Crippen LogP contribution in [0.1, 0.15) is 25.7 Å². The molecule has 1 saturated heterocycles. The summed E-state index contributed by atoms with van der Waals surface area (Å²) < 4.78 is 5.07. The third-order valence-electron chi connectivity index (χ3n) is 3.15. The molecule has 0 saturated carbocycles. The third kappa shape index (κ3) is 3.67.